The second-order valence-corrected chi connectivity index (χ2v) is 4.71. The van der Waals surface area contributed by atoms with Gasteiger partial charge in [-0.2, -0.15) is 0 Å². The molecule has 1 amide bonds. The Morgan fingerprint density at radius 3 is 2.80 bits per heavy atom. The van der Waals surface area contributed by atoms with Gasteiger partial charge in [0.05, 0.1) is 6.10 Å². The minimum atomic E-state index is -0.405. The molecule has 3 nitrogen and oxygen atoms in total. The van der Waals surface area contributed by atoms with Gasteiger partial charge in [-0.05, 0) is 19.3 Å². The van der Waals surface area contributed by atoms with Crippen LogP contribution in [0.4, 0.5) is 0 Å². The first kappa shape index (κ1) is 12.8. The zero-order chi connectivity index (χ0) is 11.4. The predicted octanol–water partition coefficient (Wildman–Crippen LogP) is 1.62. The standard InChI is InChI=1S/C11H20ClNO2/c1-3-8-7-13(6-5-10(8)14)11(15)9(12)4-2/h8-10,14H,3-7H2,1-2H3. The molecule has 88 valence electrons. The third-order valence-electron chi connectivity index (χ3n) is 3.16. The molecular weight excluding hydrogens is 214 g/mol. The van der Waals surface area contributed by atoms with Gasteiger partial charge in [0.1, 0.15) is 5.38 Å². The van der Waals surface area contributed by atoms with Gasteiger partial charge in [0, 0.05) is 19.0 Å². The zero-order valence-electron chi connectivity index (χ0n) is 9.45. The van der Waals surface area contributed by atoms with Crippen LogP contribution in [0, 0.1) is 5.92 Å². The van der Waals surface area contributed by atoms with Crippen LogP contribution in [0.1, 0.15) is 33.1 Å². The fourth-order valence-corrected chi connectivity index (χ4v) is 2.13. The van der Waals surface area contributed by atoms with Crippen LogP contribution in [0.2, 0.25) is 0 Å². The van der Waals surface area contributed by atoms with Crippen molar-refractivity contribution >= 4 is 17.5 Å². The molecule has 1 aliphatic rings. The number of aliphatic hydroxyl groups excluding tert-OH is 1. The van der Waals surface area contributed by atoms with Crippen molar-refractivity contribution in [3.63, 3.8) is 0 Å². The lowest BCUT2D eigenvalue weighted by Crippen LogP contribution is -2.48. The normalized spacial score (nSPS) is 28.9. The van der Waals surface area contributed by atoms with E-state index in [-0.39, 0.29) is 17.9 Å². The van der Waals surface area contributed by atoms with E-state index in [0.29, 0.717) is 25.9 Å². The minimum Gasteiger partial charge on any atom is -0.393 e. The zero-order valence-corrected chi connectivity index (χ0v) is 10.2. The number of carbonyl (C=O) groups excluding carboxylic acids is 1. The summed E-state index contributed by atoms with van der Waals surface area (Å²) in [6.07, 6.45) is 1.99. The van der Waals surface area contributed by atoms with Crippen molar-refractivity contribution in [3.05, 3.63) is 0 Å². The van der Waals surface area contributed by atoms with Gasteiger partial charge in [0.2, 0.25) is 5.91 Å². The van der Waals surface area contributed by atoms with Crippen molar-refractivity contribution in [1.29, 1.82) is 0 Å². The SMILES string of the molecule is CCC(Cl)C(=O)N1CCC(O)C(CC)C1. The first-order chi connectivity index (χ1) is 7.10. The summed E-state index contributed by atoms with van der Waals surface area (Å²) in [5.74, 6) is 0.230. The van der Waals surface area contributed by atoms with Gasteiger partial charge in [0.25, 0.3) is 0 Å². The van der Waals surface area contributed by atoms with Crippen molar-refractivity contribution in [2.75, 3.05) is 13.1 Å². The summed E-state index contributed by atoms with van der Waals surface area (Å²) in [5, 5.41) is 9.29. The van der Waals surface area contributed by atoms with Gasteiger partial charge in [-0.25, -0.2) is 0 Å². The molecule has 0 bridgehead atoms. The summed E-state index contributed by atoms with van der Waals surface area (Å²) < 4.78 is 0. The molecule has 1 fully saturated rings. The van der Waals surface area contributed by atoms with E-state index >= 15 is 0 Å². The average Bonchev–Trinajstić information content (AvgIpc) is 2.27. The van der Waals surface area contributed by atoms with Crippen LogP contribution in [-0.4, -0.2) is 40.5 Å². The molecule has 3 unspecified atom stereocenters. The number of amides is 1. The number of piperidine rings is 1. The Hall–Kier alpha value is -0.280. The molecule has 1 aliphatic heterocycles. The molecule has 4 heteroatoms. The third kappa shape index (κ3) is 3.08. The molecule has 1 rings (SSSR count). The van der Waals surface area contributed by atoms with E-state index < -0.39 is 5.38 Å². The topological polar surface area (TPSA) is 40.5 Å². The molecule has 1 heterocycles. The van der Waals surface area contributed by atoms with Crippen LogP contribution in [0.3, 0.4) is 0 Å². The lowest BCUT2D eigenvalue weighted by Gasteiger charge is -2.36. The molecule has 0 spiro atoms. The Bertz CT molecular complexity index is 223. The van der Waals surface area contributed by atoms with Gasteiger partial charge in [-0.1, -0.05) is 13.8 Å². The summed E-state index contributed by atoms with van der Waals surface area (Å²) in [6.45, 7) is 5.24. The first-order valence-electron chi connectivity index (χ1n) is 5.71. The average molecular weight is 234 g/mol. The predicted molar refractivity (Wildman–Crippen MR) is 60.9 cm³/mol. The smallest absolute Gasteiger partial charge is 0.240 e. The minimum absolute atomic E-state index is 0.0181. The first-order valence-corrected chi connectivity index (χ1v) is 6.14. The fourth-order valence-electron chi connectivity index (χ4n) is 1.99. The maximum atomic E-state index is 11.8. The molecular formula is C11H20ClNO2. The maximum Gasteiger partial charge on any atom is 0.240 e. The fraction of sp³-hybridized carbons (Fsp3) is 0.909. The van der Waals surface area contributed by atoms with Crippen molar-refractivity contribution in [1.82, 2.24) is 4.90 Å². The van der Waals surface area contributed by atoms with Crippen molar-refractivity contribution in [2.45, 2.75) is 44.6 Å². The monoisotopic (exact) mass is 233 g/mol. The second-order valence-electron chi connectivity index (χ2n) is 4.18. The van der Waals surface area contributed by atoms with E-state index in [4.69, 9.17) is 11.6 Å². The Labute approximate surface area is 96.4 Å². The van der Waals surface area contributed by atoms with Crippen LogP contribution in [0.25, 0.3) is 0 Å². The number of carbonyl (C=O) groups is 1. The van der Waals surface area contributed by atoms with Gasteiger partial charge in [-0.3, -0.25) is 4.79 Å². The lowest BCUT2D eigenvalue weighted by atomic mass is 9.92. The molecule has 0 aromatic heterocycles. The number of alkyl halides is 1. The molecule has 0 aromatic carbocycles. The van der Waals surface area contributed by atoms with Crippen molar-refractivity contribution in [3.8, 4) is 0 Å². The van der Waals surface area contributed by atoms with E-state index in [1.807, 2.05) is 13.8 Å². The quantitative estimate of drug-likeness (QED) is 0.753. The molecule has 0 aromatic rings. The van der Waals surface area contributed by atoms with Crippen LogP contribution >= 0.6 is 11.6 Å². The molecule has 0 saturated carbocycles. The van der Waals surface area contributed by atoms with Crippen LogP contribution < -0.4 is 0 Å². The van der Waals surface area contributed by atoms with E-state index in [1.165, 1.54) is 0 Å². The Kier molecular flexibility index (Phi) is 4.87. The highest BCUT2D eigenvalue weighted by Gasteiger charge is 2.30. The Morgan fingerprint density at radius 1 is 1.60 bits per heavy atom. The van der Waals surface area contributed by atoms with E-state index in [9.17, 15) is 9.90 Å². The number of rotatable bonds is 3. The number of hydrogen-bond acceptors (Lipinski definition) is 2. The summed E-state index contributed by atoms with van der Waals surface area (Å²) in [6, 6.07) is 0. The van der Waals surface area contributed by atoms with Crippen LogP contribution in [-0.2, 0) is 4.79 Å². The van der Waals surface area contributed by atoms with Crippen LogP contribution in [0.5, 0.6) is 0 Å². The maximum absolute atomic E-state index is 11.8. The molecule has 15 heavy (non-hydrogen) atoms. The van der Waals surface area contributed by atoms with Crippen molar-refractivity contribution < 1.29 is 9.90 Å². The van der Waals surface area contributed by atoms with Gasteiger partial charge >= 0.3 is 0 Å². The summed E-state index contributed by atoms with van der Waals surface area (Å²) in [5.41, 5.74) is 0. The Balaban J connectivity index is 2.54. The van der Waals surface area contributed by atoms with Gasteiger partial charge < -0.3 is 10.0 Å². The van der Waals surface area contributed by atoms with E-state index in [0.717, 1.165) is 6.42 Å². The lowest BCUT2D eigenvalue weighted by molar-refractivity contribution is -0.134. The molecule has 0 aliphatic carbocycles. The van der Waals surface area contributed by atoms with Crippen molar-refractivity contribution in [2.24, 2.45) is 5.92 Å². The number of nitrogens with zero attached hydrogens (tertiary/aromatic N) is 1. The molecule has 1 N–H and O–H groups in total. The summed E-state index contributed by atoms with van der Waals surface area (Å²) >= 11 is 5.92. The largest absolute Gasteiger partial charge is 0.393 e. The summed E-state index contributed by atoms with van der Waals surface area (Å²) in [7, 11) is 0. The highest BCUT2D eigenvalue weighted by Crippen LogP contribution is 2.21. The van der Waals surface area contributed by atoms with Gasteiger partial charge in [-0.15, -0.1) is 11.6 Å². The highest BCUT2D eigenvalue weighted by molar-refractivity contribution is 6.30. The van der Waals surface area contributed by atoms with E-state index in [2.05, 4.69) is 0 Å². The molecule has 1 saturated heterocycles. The van der Waals surface area contributed by atoms with Crippen LogP contribution in [0.15, 0.2) is 0 Å². The molecule has 0 radical (unpaired) electrons. The van der Waals surface area contributed by atoms with Gasteiger partial charge in [0.15, 0.2) is 0 Å². The Morgan fingerprint density at radius 2 is 2.27 bits per heavy atom. The van der Waals surface area contributed by atoms with E-state index in [1.54, 1.807) is 4.90 Å². The second kappa shape index (κ2) is 5.71. The number of likely N-dealkylation sites (tertiary alicyclic amines) is 1. The number of hydrogen-bond donors (Lipinski definition) is 1. The number of aliphatic hydroxyl groups is 1. The summed E-state index contributed by atoms with van der Waals surface area (Å²) in [4.78, 5) is 13.6. The highest BCUT2D eigenvalue weighted by atomic mass is 35.5. The molecule has 3 atom stereocenters. The number of halogens is 1. The third-order valence-corrected chi connectivity index (χ3v) is 3.65.